The van der Waals surface area contributed by atoms with E-state index in [9.17, 15) is 14.7 Å². The standard InChI is InChI=1S/C19H25NO6/c1-5-19(12-6-7-14(24-3)15(8-12)25-4)16-9-13(22)18(23)20(16)10-17(19)26-11(2)21/h6-8,13,16-17,22H,5,9-10H2,1-4H3/t13-,16-,17-,19-/m0/s1. The van der Waals surface area contributed by atoms with Crippen molar-refractivity contribution < 1.29 is 28.9 Å². The lowest BCUT2D eigenvalue weighted by Crippen LogP contribution is -2.46. The third kappa shape index (κ3) is 2.61. The normalized spacial score (nSPS) is 30.3. The second kappa shape index (κ2) is 6.79. The molecule has 0 aromatic heterocycles. The first-order chi connectivity index (χ1) is 12.4. The van der Waals surface area contributed by atoms with Crippen molar-refractivity contribution in [2.45, 2.75) is 50.4 Å². The minimum Gasteiger partial charge on any atom is -0.493 e. The van der Waals surface area contributed by atoms with Crippen LogP contribution in [-0.2, 0) is 19.7 Å². The molecule has 1 aromatic rings. The average molecular weight is 363 g/mol. The van der Waals surface area contributed by atoms with Crippen LogP contribution in [0.3, 0.4) is 0 Å². The van der Waals surface area contributed by atoms with Crippen LogP contribution in [0.2, 0.25) is 0 Å². The molecule has 0 spiro atoms. The maximum Gasteiger partial charge on any atom is 0.302 e. The SMILES string of the molecule is CC[C@@]1(c2ccc(OC)c(OC)c2)[C@@H](OC(C)=O)CN2C(=O)[C@@H](O)C[C@H]21. The first kappa shape index (κ1) is 18.5. The largest absolute Gasteiger partial charge is 0.493 e. The molecule has 7 nitrogen and oxygen atoms in total. The average Bonchev–Trinajstić information content (AvgIpc) is 3.07. The van der Waals surface area contributed by atoms with Crippen LogP contribution in [0.15, 0.2) is 18.2 Å². The Morgan fingerprint density at radius 2 is 2.00 bits per heavy atom. The molecule has 7 heteroatoms. The van der Waals surface area contributed by atoms with E-state index in [1.165, 1.54) is 6.92 Å². The molecule has 2 heterocycles. The Balaban J connectivity index is 2.13. The van der Waals surface area contributed by atoms with Gasteiger partial charge in [-0.15, -0.1) is 0 Å². The lowest BCUT2D eigenvalue weighted by Gasteiger charge is -2.38. The molecule has 1 N–H and O–H groups in total. The number of carbonyl (C=O) groups excluding carboxylic acids is 2. The van der Waals surface area contributed by atoms with Crippen molar-refractivity contribution in [2.75, 3.05) is 20.8 Å². The predicted molar refractivity (Wildman–Crippen MR) is 93.2 cm³/mol. The van der Waals surface area contributed by atoms with Crippen LogP contribution >= 0.6 is 0 Å². The Labute approximate surface area is 152 Å². The molecule has 26 heavy (non-hydrogen) atoms. The fourth-order valence-corrected chi connectivity index (χ4v) is 4.56. The zero-order chi connectivity index (χ0) is 19.1. The third-order valence-electron chi connectivity index (χ3n) is 5.74. The number of methoxy groups -OCH3 is 2. The monoisotopic (exact) mass is 363 g/mol. The van der Waals surface area contributed by atoms with Crippen LogP contribution in [0.4, 0.5) is 0 Å². The van der Waals surface area contributed by atoms with Crippen molar-refractivity contribution in [1.29, 1.82) is 0 Å². The van der Waals surface area contributed by atoms with E-state index in [1.807, 2.05) is 25.1 Å². The van der Waals surface area contributed by atoms with Crippen molar-refractivity contribution in [1.82, 2.24) is 4.90 Å². The fourth-order valence-electron chi connectivity index (χ4n) is 4.56. The van der Waals surface area contributed by atoms with Gasteiger partial charge in [-0.1, -0.05) is 13.0 Å². The van der Waals surface area contributed by atoms with E-state index in [1.54, 1.807) is 19.1 Å². The van der Waals surface area contributed by atoms with Gasteiger partial charge < -0.3 is 24.2 Å². The number of nitrogens with zero attached hydrogens (tertiary/aromatic N) is 1. The highest BCUT2D eigenvalue weighted by Gasteiger charge is 2.61. The van der Waals surface area contributed by atoms with Crippen LogP contribution in [-0.4, -0.2) is 60.9 Å². The summed E-state index contributed by atoms with van der Waals surface area (Å²) in [5.41, 5.74) is 0.288. The fraction of sp³-hybridized carbons (Fsp3) is 0.579. The lowest BCUT2D eigenvalue weighted by molar-refractivity contribution is -0.149. The van der Waals surface area contributed by atoms with Crippen molar-refractivity contribution >= 4 is 11.9 Å². The summed E-state index contributed by atoms with van der Waals surface area (Å²) in [5, 5.41) is 10.1. The molecule has 1 amide bonds. The molecule has 0 saturated carbocycles. The first-order valence-electron chi connectivity index (χ1n) is 8.77. The van der Waals surface area contributed by atoms with Crippen molar-refractivity contribution in [2.24, 2.45) is 0 Å². The number of aliphatic hydroxyl groups is 1. The van der Waals surface area contributed by atoms with Crippen LogP contribution in [0.1, 0.15) is 32.3 Å². The van der Waals surface area contributed by atoms with Gasteiger partial charge in [-0.05, 0) is 24.1 Å². The molecule has 0 aliphatic carbocycles. The van der Waals surface area contributed by atoms with Gasteiger partial charge >= 0.3 is 5.97 Å². The molecular weight excluding hydrogens is 338 g/mol. The zero-order valence-electron chi connectivity index (χ0n) is 15.5. The molecule has 3 rings (SSSR count). The molecular formula is C19H25NO6. The van der Waals surface area contributed by atoms with Gasteiger partial charge in [-0.2, -0.15) is 0 Å². The van der Waals surface area contributed by atoms with Crippen LogP contribution < -0.4 is 9.47 Å². The Kier molecular flexibility index (Phi) is 4.84. The molecule has 142 valence electrons. The topological polar surface area (TPSA) is 85.3 Å². The third-order valence-corrected chi connectivity index (χ3v) is 5.74. The number of fused-ring (bicyclic) bond motifs is 1. The number of esters is 1. The molecule has 2 aliphatic heterocycles. The van der Waals surface area contributed by atoms with Gasteiger partial charge in [0.1, 0.15) is 12.2 Å². The van der Waals surface area contributed by atoms with Crippen molar-refractivity contribution in [3.8, 4) is 11.5 Å². The number of carbonyl (C=O) groups is 2. The number of hydrogen-bond acceptors (Lipinski definition) is 6. The predicted octanol–water partition coefficient (Wildman–Crippen LogP) is 1.26. The summed E-state index contributed by atoms with van der Waals surface area (Å²) < 4.78 is 16.4. The Morgan fingerprint density at radius 1 is 1.31 bits per heavy atom. The second-order valence-electron chi connectivity index (χ2n) is 6.82. The minimum atomic E-state index is -1.01. The Hall–Kier alpha value is -2.28. The van der Waals surface area contributed by atoms with E-state index in [0.29, 0.717) is 24.3 Å². The molecule has 2 saturated heterocycles. The summed E-state index contributed by atoms with van der Waals surface area (Å²) >= 11 is 0. The number of aliphatic hydroxyl groups excluding tert-OH is 1. The molecule has 0 unspecified atom stereocenters. The number of hydrogen-bond donors (Lipinski definition) is 1. The number of amides is 1. The molecule has 4 atom stereocenters. The van der Waals surface area contributed by atoms with E-state index in [4.69, 9.17) is 14.2 Å². The highest BCUT2D eigenvalue weighted by Crippen LogP contribution is 2.50. The smallest absolute Gasteiger partial charge is 0.302 e. The van der Waals surface area contributed by atoms with Crippen LogP contribution in [0, 0.1) is 0 Å². The Morgan fingerprint density at radius 3 is 2.58 bits per heavy atom. The maximum atomic E-state index is 12.4. The zero-order valence-corrected chi connectivity index (χ0v) is 15.5. The van der Waals surface area contributed by atoms with E-state index in [0.717, 1.165) is 5.56 Å². The molecule has 1 aromatic carbocycles. The van der Waals surface area contributed by atoms with Gasteiger partial charge in [-0.25, -0.2) is 0 Å². The van der Waals surface area contributed by atoms with E-state index >= 15 is 0 Å². The summed E-state index contributed by atoms with van der Waals surface area (Å²) in [6.07, 6.45) is -0.533. The summed E-state index contributed by atoms with van der Waals surface area (Å²) in [5.74, 6) is 0.483. The molecule has 2 aliphatic rings. The van der Waals surface area contributed by atoms with Gasteiger partial charge in [-0.3, -0.25) is 9.59 Å². The van der Waals surface area contributed by atoms with Gasteiger partial charge in [0.25, 0.3) is 5.91 Å². The van der Waals surface area contributed by atoms with E-state index in [2.05, 4.69) is 0 Å². The quantitative estimate of drug-likeness (QED) is 0.793. The van der Waals surface area contributed by atoms with Gasteiger partial charge in [0.2, 0.25) is 0 Å². The van der Waals surface area contributed by atoms with Crippen LogP contribution in [0.5, 0.6) is 11.5 Å². The van der Waals surface area contributed by atoms with Gasteiger partial charge in [0.15, 0.2) is 11.5 Å². The molecule has 2 fully saturated rings. The maximum absolute atomic E-state index is 12.4. The highest BCUT2D eigenvalue weighted by atomic mass is 16.5. The van der Waals surface area contributed by atoms with Crippen molar-refractivity contribution in [3.05, 3.63) is 23.8 Å². The summed E-state index contributed by atoms with van der Waals surface area (Å²) in [6, 6.07) is 5.36. The Bertz CT molecular complexity index is 720. The van der Waals surface area contributed by atoms with Gasteiger partial charge in [0, 0.05) is 19.4 Å². The number of rotatable bonds is 5. The van der Waals surface area contributed by atoms with Crippen LogP contribution in [0.25, 0.3) is 0 Å². The lowest BCUT2D eigenvalue weighted by atomic mass is 9.69. The molecule has 0 radical (unpaired) electrons. The first-order valence-corrected chi connectivity index (χ1v) is 8.77. The number of benzene rings is 1. The number of ether oxygens (including phenoxy) is 3. The van der Waals surface area contributed by atoms with Crippen molar-refractivity contribution in [3.63, 3.8) is 0 Å². The second-order valence-corrected chi connectivity index (χ2v) is 6.82. The van der Waals surface area contributed by atoms with E-state index in [-0.39, 0.29) is 24.5 Å². The summed E-state index contributed by atoms with van der Waals surface area (Å²) in [4.78, 5) is 25.7. The summed E-state index contributed by atoms with van der Waals surface area (Å²) in [7, 11) is 3.13. The minimum absolute atomic E-state index is 0.238. The van der Waals surface area contributed by atoms with E-state index < -0.39 is 17.6 Å². The summed E-state index contributed by atoms with van der Waals surface area (Å²) in [6.45, 7) is 3.66. The molecule has 0 bridgehead atoms. The van der Waals surface area contributed by atoms with Gasteiger partial charge in [0.05, 0.1) is 26.2 Å². The highest BCUT2D eigenvalue weighted by molar-refractivity contribution is 5.84.